The zero-order valence-corrected chi connectivity index (χ0v) is 11.9. The molecule has 18 heavy (non-hydrogen) atoms. The second-order valence-corrected chi connectivity index (χ2v) is 7.06. The van der Waals surface area contributed by atoms with Gasteiger partial charge in [-0.2, -0.15) is 4.31 Å². The third-order valence-electron chi connectivity index (χ3n) is 2.85. The molecule has 0 atom stereocenters. The molecule has 0 amide bonds. The van der Waals surface area contributed by atoms with Crippen molar-refractivity contribution in [2.24, 2.45) is 0 Å². The molecule has 1 aliphatic rings. The van der Waals surface area contributed by atoms with Crippen LogP contribution in [0.3, 0.4) is 0 Å². The first-order valence-corrected chi connectivity index (χ1v) is 7.80. The molecule has 1 heterocycles. The Balaban J connectivity index is 2.23. The number of hydrogen-bond donors (Lipinski definition) is 1. The lowest BCUT2D eigenvalue weighted by atomic mass is 10.1. The zero-order valence-electron chi connectivity index (χ0n) is 9.47. The molecule has 0 radical (unpaired) electrons. The van der Waals surface area contributed by atoms with Gasteiger partial charge in [-0.3, -0.25) is 0 Å². The van der Waals surface area contributed by atoms with Gasteiger partial charge >= 0.3 is 5.97 Å². The lowest BCUT2D eigenvalue weighted by Crippen LogP contribution is -2.25. The van der Waals surface area contributed by atoms with Gasteiger partial charge in [0.1, 0.15) is 0 Å². The number of rotatable bonds is 3. The number of carboxylic acid groups (broad SMARTS) is 1. The van der Waals surface area contributed by atoms with Crippen LogP contribution in [0.5, 0.6) is 0 Å². The van der Waals surface area contributed by atoms with E-state index in [9.17, 15) is 13.2 Å². The smallest absolute Gasteiger partial charge is 0.335 e. The molecule has 98 valence electrons. The van der Waals surface area contributed by atoms with Crippen LogP contribution < -0.4 is 0 Å². The highest BCUT2D eigenvalue weighted by molar-refractivity contribution is 9.10. The van der Waals surface area contributed by atoms with E-state index in [0.717, 1.165) is 5.56 Å². The highest BCUT2D eigenvalue weighted by atomic mass is 79.9. The van der Waals surface area contributed by atoms with Crippen LogP contribution >= 0.6 is 15.9 Å². The lowest BCUT2D eigenvalue weighted by Gasteiger charge is -2.15. The highest BCUT2D eigenvalue weighted by Crippen LogP contribution is 2.24. The minimum Gasteiger partial charge on any atom is -0.478 e. The van der Waals surface area contributed by atoms with Crippen molar-refractivity contribution in [3.05, 3.63) is 33.8 Å². The minimum absolute atomic E-state index is 0.176. The monoisotopic (exact) mass is 333 g/mol. The van der Waals surface area contributed by atoms with Crippen LogP contribution in [0, 0.1) is 0 Å². The quantitative estimate of drug-likeness (QED) is 0.913. The number of carboxylic acids is 1. The predicted octanol–water partition coefficient (Wildman–Crippen LogP) is 1.68. The Bertz CT molecular complexity index is 585. The van der Waals surface area contributed by atoms with Gasteiger partial charge in [0, 0.05) is 17.6 Å². The number of sulfonamides is 1. The number of hydrogen-bond acceptors (Lipinski definition) is 3. The number of carbonyl (C=O) groups is 1. The van der Waals surface area contributed by atoms with Crippen molar-refractivity contribution in [1.82, 2.24) is 4.31 Å². The van der Waals surface area contributed by atoms with Crippen LogP contribution in [-0.2, 0) is 16.6 Å². The first-order chi connectivity index (χ1) is 8.40. The summed E-state index contributed by atoms with van der Waals surface area (Å²) in [6, 6.07) is 4.60. The van der Waals surface area contributed by atoms with Crippen LogP contribution in [-0.4, -0.2) is 36.1 Å². The van der Waals surface area contributed by atoms with Gasteiger partial charge in [0.15, 0.2) is 0 Å². The standard InChI is InChI=1S/C11H12BrNO4S/c12-10-6-8(11(14)15)2-3-9(10)7-13-4-1-5-18(13,16)17/h2-3,6H,1,4-5,7H2,(H,14,15). The first-order valence-electron chi connectivity index (χ1n) is 5.40. The number of aromatic carboxylic acids is 1. The molecule has 1 saturated heterocycles. The van der Waals surface area contributed by atoms with Gasteiger partial charge in [-0.25, -0.2) is 13.2 Å². The summed E-state index contributed by atoms with van der Waals surface area (Å²) in [4.78, 5) is 10.8. The Labute approximate surface area is 114 Å². The molecule has 0 bridgehead atoms. The third kappa shape index (κ3) is 2.73. The average molecular weight is 334 g/mol. The Morgan fingerprint density at radius 3 is 2.67 bits per heavy atom. The summed E-state index contributed by atoms with van der Waals surface area (Å²) >= 11 is 3.28. The first kappa shape index (κ1) is 13.5. The van der Waals surface area contributed by atoms with E-state index < -0.39 is 16.0 Å². The zero-order chi connectivity index (χ0) is 13.3. The van der Waals surface area contributed by atoms with E-state index in [-0.39, 0.29) is 17.9 Å². The summed E-state index contributed by atoms with van der Waals surface area (Å²) in [5, 5.41) is 8.84. The number of nitrogens with zero attached hydrogens (tertiary/aromatic N) is 1. The fraction of sp³-hybridized carbons (Fsp3) is 0.364. The van der Waals surface area contributed by atoms with Crippen LogP contribution in [0.4, 0.5) is 0 Å². The van der Waals surface area contributed by atoms with Crippen molar-refractivity contribution in [3.63, 3.8) is 0 Å². The lowest BCUT2D eigenvalue weighted by molar-refractivity contribution is 0.0696. The Hall–Kier alpha value is -0.920. The largest absolute Gasteiger partial charge is 0.478 e. The molecule has 0 saturated carbocycles. The maximum absolute atomic E-state index is 11.7. The topological polar surface area (TPSA) is 74.7 Å². The minimum atomic E-state index is -3.13. The number of halogens is 1. The summed E-state index contributed by atoms with van der Waals surface area (Å²) in [5.74, 6) is -0.811. The molecule has 7 heteroatoms. The third-order valence-corrected chi connectivity index (χ3v) is 5.49. The van der Waals surface area contributed by atoms with E-state index in [2.05, 4.69) is 15.9 Å². The predicted molar refractivity (Wildman–Crippen MR) is 69.9 cm³/mol. The molecule has 0 aliphatic carbocycles. The molecular weight excluding hydrogens is 322 g/mol. The molecule has 1 N–H and O–H groups in total. The summed E-state index contributed by atoms with van der Waals surface area (Å²) < 4.78 is 25.4. The van der Waals surface area contributed by atoms with Gasteiger partial charge in [-0.05, 0) is 24.1 Å². The summed E-state index contributed by atoms with van der Waals surface area (Å²) in [6.07, 6.45) is 0.646. The molecule has 2 rings (SSSR count). The van der Waals surface area contributed by atoms with Crippen LogP contribution in [0.2, 0.25) is 0 Å². The van der Waals surface area contributed by atoms with Crippen LogP contribution in [0.1, 0.15) is 22.3 Å². The molecular formula is C11H12BrNO4S. The number of benzene rings is 1. The van der Waals surface area contributed by atoms with Crippen molar-refractivity contribution >= 4 is 31.9 Å². The van der Waals surface area contributed by atoms with Gasteiger partial charge in [-0.1, -0.05) is 22.0 Å². The summed E-state index contributed by atoms with van der Waals surface area (Å²) in [6.45, 7) is 0.804. The van der Waals surface area contributed by atoms with Crippen molar-refractivity contribution in [2.75, 3.05) is 12.3 Å². The molecule has 1 aromatic carbocycles. The van der Waals surface area contributed by atoms with E-state index in [1.54, 1.807) is 6.07 Å². The van der Waals surface area contributed by atoms with Gasteiger partial charge in [0.05, 0.1) is 11.3 Å². The van der Waals surface area contributed by atoms with Crippen molar-refractivity contribution in [2.45, 2.75) is 13.0 Å². The van der Waals surface area contributed by atoms with Gasteiger partial charge in [0.25, 0.3) is 0 Å². The fourth-order valence-electron chi connectivity index (χ4n) is 1.87. The second kappa shape index (κ2) is 4.99. The van der Waals surface area contributed by atoms with Crippen molar-refractivity contribution in [1.29, 1.82) is 0 Å². The van der Waals surface area contributed by atoms with E-state index >= 15 is 0 Å². The van der Waals surface area contributed by atoms with E-state index in [0.29, 0.717) is 17.4 Å². The van der Waals surface area contributed by atoms with Gasteiger partial charge < -0.3 is 5.11 Å². The maximum Gasteiger partial charge on any atom is 0.335 e. The Morgan fingerprint density at radius 2 is 2.17 bits per heavy atom. The van der Waals surface area contributed by atoms with E-state index in [1.165, 1.54) is 16.4 Å². The second-order valence-electron chi connectivity index (χ2n) is 4.11. The summed E-state index contributed by atoms with van der Waals surface area (Å²) in [7, 11) is -3.13. The fourth-order valence-corrected chi connectivity index (χ4v) is 3.87. The van der Waals surface area contributed by atoms with Crippen LogP contribution in [0.25, 0.3) is 0 Å². The Morgan fingerprint density at radius 1 is 1.44 bits per heavy atom. The molecule has 0 unspecified atom stereocenters. The highest BCUT2D eigenvalue weighted by Gasteiger charge is 2.28. The maximum atomic E-state index is 11.7. The molecule has 5 nitrogen and oxygen atoms in total. The molecule has 0 aromatic heterocycles. The molecule has 1 aliphatic heterocycles. The Kier molecular flexibility index (Phi) is 3.74. The SMILES string of the molecule is O=C(O)c1ccc(CN2CCCS2(=O)=O)c(Br)c1. The molecule has 0 spiro atoms. The van der Waals surface area contributed by atoms with Crippen LogP contribution in [0.15, 0.2) is 22.7 Å². The molecule has 1 aromatic rings. The van der Waals surface area contributed by atoms with E-state index in [4.69, 9.17) is 5.11 Å². The normalized spacial score (nSPS) is 18.9. The van der Waals surface area contributed by atoms with Crippen molar-refractivity contribution < 1.29 is 18.3 Å². The van der Waals surface area contributed by atoms with E-state index in [1.807, 2.05) is 0 Å². The average Bonchev–Trinajstić information content (AvgIpc) is 2.61. The van der Waals surface area contributed by atoms with Crippen molar-refractivity contribution in [3.8, 4) is 0 Å². The van der Waals surface area contributed by atoms with Gasteiger partial charge in [0.2, 0.25) is 10.0 Å². The molecule has 1 fully saturated rings. The summed E-state index contributed by atoms with van der Waals surface area (Å²) in [5.41, 5.74) is 0.945. The van der Waals surface area contributed by atoms with Gasteiger partial charge in [-0.15, -0.1) is 0 Å².